The van der Waals surface area contributed by atoms with Crippen molar-refractivity contribution in [1.82, 2.24) is 4.98 Å². The van der Waals surface area contributed by atoms with Crippen LogP contribution in [0.25, 0.3) is 10.9 Å². The molecule has 0 aliphatic rings. The zero-order chi connectivity index (χ0) is 10.1. The molecule has 0 aliphatic carbocycles. The molecular formula is C9H6N2O3. The molecule has 0 bridgehead atoms. The van der Waals surface area contributed by atoms with Crippen molar-refractivity contribution in [2.45, 2.75) is 0 Å². The Hall–Kier alpha value is -2.17. The number of aromatic hydroxyl groups is 1. The van der Waals surface area contributed by atoms with E-state index in [1.807, 2.05) is 0 Å². The Morgan fingerprint density at radius 1 is 1.43 bits per heavy atom. The number of non-ortho nitro benzene ring substituents is 1. The SMILES string of the molecule is O=[N+]([O-])c1cccc2cc(O)cnc12. The molecule has 70 valence electrons. The third kappa shape index (κ3) is 1.24. The standard InChI is InChI=1S/C9H6N2O3/c12-7-4-6-2-1-3-8(11(13)14)9(6)10-5-7/h1-5,12H. The molecule has 5 heteroatoms. The van der Waals surface area contributed by atoms with Gasteiger partial charge < -0.3 is 5.11 Å². The van der Waals surface area contributed by atoms with Gasteiger partial charge >= 0.3 is 0 Å². The number of nitro groups is 1. The predicted molar refractivity (Wildman–Crippen MR) is 50.1 cm³/mol. The summed E-state index contributed by atoms with van der Waals surface area (Å²) in [5, 5.41) is 20.3. The minimum absolute atomic E-state index is 0.00185. The van der Waals surface area contributed by atoms with E-state index in [4.69, 9.17) is 5.11 Å². The van der Waals surface area contributed by atoms with Gasteiger partial charge in [-0.05, 0) is 6.07 Å². The molecule has 0 amide bonds. The van der Waals surface area contributed by atoms with Crippen molar-refractivity contribution in [1.29, 1.82) is 0 Å². The van der Waals surface area contributed by atoms with E-state index >= 15 is 0 Å². The van der Waals surface area contributed by atoms with Gasteiger partial charge in [-0.1, -0.05) is 12.1 Å². The maximum absolute atomic E-state index is 10.6. The maximum Gasteiger partial charge on any atom is 0.295 e. The quantitative estimate of drug-likeness (QED) is 0.549. The summed E-state index contributed by atoms with van der Waals surface area (Å²) in [7, 11) is 0. The number of pyridine rings is 1. The lowest BCUT2D eigenvalue weighted by atomic mass is 10.2. The van der Waals surface area contributed by atoms with Crippen molar-refractivity contribution in [3.63, 3.8) is 0 Å². The Kier molecular flexibility index (Phi) is 1.78. The van der Waals surface area contributed by atoms with Crippen LogP contribution in [0.4, 0.5) is 5.69 Å². The number of benzene rings is 1. The summed E-state index contributed by atoms with van der Waals surface area (Å²) < 4.78 is 0. The van der Waals surface area contributed by atoms with Gasteiger partial charge in [0.2, 0.25) is 0 Å². The maximum atomic E-state index is 10.6. The molecule has 0 spiro atoms. The van der Waals surface area contributed by atoms with Crippen LogP contribution in [0.5, 0.6) is 5.75 Å². The van der Waals surface area contributed by atoms with Crippen molar-refractivity contribution < 1.29 is 10.0 Å². The average Bonchev–Trinajstić information content (AvgIpc) is 2.16. The second-order valence-electron chi connectivity index (χ2n) is 2.80. The molecule has 1 aromatic carbocycles. The number of hydrogen-bond donors (Lipinski definition) is 1. The minimum Gasteiger partial charge on any atom is -0.506 e. The van der Waals surface area contributed by atoms with Crippen LogP contribution in [0.3, 0.4) is 0 Å². The van der Waals surface area contributed by atoms with E-state index in [0.717, 1.165) is 0 Å². The lowest BCUT2D eigenvalue weighted by molar-refractivity contribution is -0.383. The van der Waals surface area contributed by atoms with Crippen LogP contribution in [0.15, 0.2) is 30.5 Å². The van der Waals surface area contributed by atoms with Crippen LogP contribution in [-0.2, 0) is 0 Å². The normalized spacial score (nSPS) is 10.3. The van der Waals surface area contributed by atoms with Crippen LogP contribution in [0, 0.1) is 10.1 Å². The number of rotatable bonds is 1. The second kappa shape index (κ2) is 2.95. The van der Waals surface area contributed by atoms with Crippen LogP contribution in [0.2, 0.25) is 0 Å². The van der Waals surface area contributed by atoms with E-state index in [1.54, 1.807) is 12.1 Å². The summed E-state index contributed by atoms with van der Waals surface area (Å²) in [5.74, 6) is -0.00185. The Morgan fingerprint density at radius 2 is 2.21 bits per heavy atom. The number of hydrogen-bond acceptors (Lipinski definition) is 4. The number of para-hydroxylation sites is 1. The lowest BCUT2D eigenvalue weighted by Crippen LogP contribution is -1.90. The zero-order valence-corrected chi connectivity index (χ0v) is 7.04. The molecule has 2 rings (SSSR count). The van der Waals surface area contributed by atoms with Crippen LogP contribution in [-0.4, -0.2) is 15.0 Å². The van der Waals surface area contributed by atoms with Crippen molar-refractivity contribution in [3.05, 3.63) is 40.6 Å². The fourth-order valence-electron chi connectivity index (χ4n) is 1.28. The van der Waals surface area contributed by atoms with Crippen molar-refractivity contribution in [2.75, 3.05) is 0 Å². The fraction of sp³-hybridized carbons (Fsp3) is 0. The summed E-state index contributed by atoms with van der Waals surface area (Å²) in [6.07, 6.45) is 1.19. The molecular weight excluding hydrogens is 184 g/mol. The Morgan fingerprint density at radius 3 is 2.93 bits per heavy atom. The molecule has 1 N–H and O–H groups in total. The Balaban J connectivity index is 2.81. The molecule has 0 aliphatic heterocycles. The van der Waals surface area contributed by atoms with Gasteiger partial charge in [-0.25, -0.2) is 4.98 Å². The van der Waals surface area contributed by atoms with Crippen LogP contribution in [0.1, 0.15) is 0 Å². The summed E-state index contributed by atoms with van der Waals surface area (Å²) in [6.45, 7) is 0. The molecule has 0 radical (unpaired) electrons. The molecule has 14 heavy (non-hydrogen) atoms. The first-order chi connectivity index (χ1) is 6.68. The van der Waals surface area contributed by atoms with E-state index < -0.39 is 4.92 Å². The molecule has 0 saturated carbocycles. The molecule has 1 heterocycles. The van der Waals surface area contributed by atoms with Gasteiger partial charge in [0.1, 0.15) is 11.3 Å². The van der Waals surface area contributed by atoms with E-state index in [-0.39, 0.29) is 17.0 Å². The fourth-order valence-corrected chi connectivity index (χ4v) is 1.28. The first kappa shape index (κ1) is 8.43. The van der Waals surface area contributed by atoms with Crippen LogP contribution < -0.4 is 0 Å². The van der Waals surface area contributed by atoms with Gasteiger partial charge in [0.15, 0.2) is 0 Å². The first-order valence-electron chi connectivity index (χ1n) is 3.90. The predicted octanol–water partition coefficient (Wildman–Crippen LogP) is 1.85. The van der Waals surface area contributed by atoms with E-state index in [9.17, 15) is 10.1 Å². The van der Waals surface area contributed by atoms with Crippen LogP contribution >= 0.6 is 0 Å². The van der Waals surface area contributed by atoms with E-state index in [1.165, 1.54) is 18.3 Å². The Bertz CT molecular complexity index is 510. The van der Waals surface area contributed by atoms with E-state index in [2.05, 4.69) is 4.98 Å². The smallest absolute Gasteiger partial charge is 0.295 e. The highest BCUT2D eigenvalue weighted by Gasteiger charge is 2.11. The first-order valence-corrected chi connectivity index (χ1v) is 3.90. The number of fused-ring (bicyclic) bond motifs is 1. The van der Waals surface area contributed by atoms with Crippen molar-refractivity contribution in [3.8, 4) is 5.75 Å². The molecule has 1 aromatic heterocycles. The highest BCUT2D eigenvalue weighted by Crippen LogP contribution is 2.25. The monoisotopic (exact) mass is 190 g/mol. The molecule has 0 atom stereocenters. The van der Waals surface area contributed by atoms with Gasteiger partial charge in [0.05, 0.1) is 11.1 Å². The number of nitro benzene ring substituents is 1. The van der Waals surface area contributed by atoms with Gasteiger partial charge in [-0.2, -0.15) is 0 Å². The van der Waals surface area contributed by atoms with Crippen molar-refractivity contribution >= 4 is 16.6 Å². The highest BCUT2D eigenvalue weighted by atomic mass is 16.6. The summed E-state index contributed by atoms with van der Waals surface area (Å²) in [5.41, 5.74) is 0.234. The average molecular weight is 190 g/mol. The minimum atomic E-state index is -0.494. The molecule has 0 fully saturated rings. The number of aromatic nitrogens is 1. The summed E-state index contributed by atoms with van der Waals surface area (Å²) >= 11 is 0. The third-order valence-corrected chi connectivity index (χ3v) is 1.87. The van der Waals surface area contributed by atoms with Gasteiger partial charge in [0.25, 0.3) is 5.69 Å². The zero-order valence-electron chi connectivity index (χ0n) is 7.04. The lowest BCUT2D eigenvalue weighted by Gasteiger charge is -1.98. The molecule has 0 unspecified atom stereocenters. The van der Waals surface area contributed by atoms with Gasteiger partial charge in [-0.15, -0.1) is 0 Å². The third-order valence-electron chi connectivity index (χ3n) is 1.87. The Labute approximate surface area is 78.8 Å². The van der Waals surface area contributed by atoms with Gasteiger partial charge in [-0.3, -0.25) is 10.1 Å². The molecule has 0 saturated heterocycles. The van der Waals surface area contributed by atoms with E-state index in [0.29, 0.717) is 5.39 Å². The molecule has 5 nitrogen and oxygen atoms in total. The highest BCUT2D eigenvalue weighted by molar-refractivity contribution is 5.87. The largest absolute Gasteiger partial charge is 0.506 e. The topological polar surface area (TPSA) is 76.3 Å². The second-order valence-corrected chi connectivity index (χ2v) is 2.80. The molecule has 2 aromatic rings. The summed E-state index contributed by atoms with van der Waals surface area (Å²) in [4.78, 5) is 13.9. The summed E-state index contributed by atoms with van der Waals surface area (Å²) in [6, 6.07) is 6.04. The number of nitrogens with zero attached hydrogens (tertiary/aromatic N) is 2. The van der Waals surface area contributed by atoms with Gasteiger partial charge in [0, 0.05) is 11.5 Å². The van der Waals surface area contributed by atoms with Crippen molar-refractivity contribution in [2.24, 2.45) is 0 Å².